The van der Waals surface area contributed by atoms with Crippen molar-refractivity contribution in [2.45, 2.75) is 100 Å². The van der Waals surface area contributed by atoms with Crippen LogP contribution in [-0.4, -0.2) is 38.6 Å². The quantitative estimate of drug-likeness (QED) is 0.329. The van der Waals surface area contributed by atoms with Gasteiger partial charge in [-0.3, -0.25) is 0 Å². The SMILES string of the molecule is c1c(C23CC4CC(CC(C4)C2)C3)cc2cc(OCC3CO3)c(OCC3CO3)cc2c1C12CC3CC(CC(C3)C1)C2. The van der Waals surface area contributed by atoms with Crippen LogP contribution in [0.25, 0.3) is 10.8 Å². The van der Waals surface area contributed by atoms with Gasteiger partial charge in [0, 0.05) is 0 Å². The zero-order valence-corrected chi connectivity index (χ0v) is 23.9. The molecule has 0 amide bonds. The van der Waals surface area contributed by atoms with Gasteiger partial charge in [0.1, 0.15) is 25.4 Å². The zero-order chi connectivity index (χ0) is 26.1. The number of epoxide rings is 2. The Hall–Kier alpha value is -1.78. The van der Waals surface area contributed by atoms with Crippen molar-refractivity contribution < 1.29 is 18.9 Å². The number of benzene rings is 2. The van der Waals surface area contributed by atoms with Gasteiger partial charge >= 0.3 is 0 Å². The first-order chi connectivity index (χ1) is 19.6. The maximum Gasteiger partial charge on any atom is 0.161 e. The molecule has 2 aromatic carbocycles. The molecule has 0 N–H and O–H groups in total. The summed E-state index contributed by atoms with van der Waals surface area (Å²) in [5.41, 5.74) is 4.12. The summed E-state index contributed by atoms with van der Waals surface area (Å²) in [6, 6.07) is 10.1. The molecule has 4 heteroatoms. The van der Waals surface area contributed by atoms with E-state index in [0.29, 0.717) is 24.0 Å². The number of ether oxygens (including phenoxy) is 4. The summed E-state index contributed by atoms with van der Waals surface area (Å²) in [6.07, 6.45) is 17.9. The first kappa shape index (κ1) is 23.7. The molecule has 10 fully saturated rings. The van der Waals surface area contributed by atoms with E-state index < -0.39 is 0 Å². The lowest BCUT2D eigenvalue weighted by Crippen LogP contribution is -2.50. The van der Waals surface area contributed by atoms with E-state index in [1.54, 1.807) is 11.1 Å². The van der Waals surface area contributed by atoms with Gasteiger partial charge in [-0.15, -0.1) is 0 Å². The Kier molecular flexibility index (Phi) is 4.99. The highest BCUT2D eigenvalue weighted by molar-refractivity contribution is 5.91. The number of fused-ring (bicyclic) bond motifs is 1. The highest BCUT2D eigenvalue weighted by atomic mass is 16.6. The summed E-state index contributed by atoms with van der Waals surface area (Å²) in [4.78, 5) is 0. The van der Waals surface area contributed by atoms with Gasteiger partial charge in [0.15, 0.2) is 11.5 Å². The van der Waals surface area contributed by atoms with Crippen molar-refractivity contribution in [2.75, 3.05) is 26.4 Å². The number of rotatable bonds is 8. The van der Waals surface area contributed by atoms with Crippen molar-refractivity contribution in [3.63, 3.8) is 0 Å². The van der Waals surface area contributed by atoms with Crippen molar-refractivity contribution in [3.8, 4) is 11.5 Å². The summed E-state index contributed by atoms with van der Waals surface area (Å²) in [5.74, 6) is 7.49. The third-order valence-corrected chi connectivity index (χ3v) is 12.9. The van der Waals surface area contributed by atoms with Gasteiger partial charge in [-0.2, -0.15) is 0 Å². The molecule has 2 unspecified atom stereocenters. The van der Waals surface area contributed by atoms with Crippen LogP contribution in [0.1, 0.15) is 88.2 Å². The Labute approximate surface area is 238 Å². The first-order valence-electron chi connectivity index (χ1n) is 16.7. The predicted octanol–water partition coefficient (Wildman–Crippen LogP) is 7.33. The maximum absolute atomic E-state index is 6.44. The molecule has 8 bridgehead atoms. The van der Waals surface area contributed by atoms with Crippen LogP contribution < -0.4 is 9.47 Å². The molecule has 0 aromatic heterocycles. The van der Waals surface area contributed by atoms with Crippen LogP contribution in [0.5, 0.6) is 11.5 Å². The van der Waals surface area contributed by atoms with Gasteiger partial charge in [0.2, 0.25) is 0 Å². The monoisotopic (exact) mass is 540 g/mol. The molecule has 40 heavy (non-hydrogen) atoms. The van der Waals surface area contributed by atoms with Gasteiger partial charge in [-0.1, -0.05) is 12.1 Å². The fourth-order valence-electron chi connectivity index (χ4n) is 11.9. The fraction of sp³-hybridized carbons (Fsp3) is 0.722. The van der Waals surface area contributed by atoms with Crippen LogP contribution in [0, 0.1) is 35.5 Å². The zero-order valence-electron chi connectivity index (χ0n) is 23.9. The fourth-order valence-corrected chi connectivity index (χ4v) is 11.9. The largest absolute Gasteiger partial charge is 0.487 e. The van der Waals surface area contributed by atoms with Crippen LogP contribution in [0.15, 0.2) is 24.3 Å². The highest BCUT2D eigenvalue weighted by Crippen LogP contribution is 2.64. The molecule has 2 aromatic rings. The second-order valence-electron chi connectivity index (χ2n) is 16.0. The van der Waals surface area contributed by atoms with E-state index >= 15 is 0 Å². The molecule has 212 valence electrons. The number of hydrogen-bond donors (Lipinski definition) is 0. The molecule has 0 spiro atoms. The molecule has 12 rings (SSSR count). The molecule has 2 heterocycles. The molecule has 4 nitrogen and oxygen atoms in total. The standard InChI is InChI=1S/C36H44O4/c1-21-2-23-3-22(1)12-35(11-21,13-23)28-7-27-8-33(39-19-29-17-37-29)34(40-20-30-18-38-30)10-31(27)32(9-28)36-14-24-4-25(15-36)6-26(5-24)16-36/h7-10,21-26,29-30H,1-6,11-20H2. The number of hydrogen-bond acceptors (Lipinski definition) is 4. The highest BCUT2D eigenvalue weighted by Gasteiger charge is 2.54. The minimum absolute atomic E-state index is 0.233. The summed E-state index contributed by atoms with van der Waals surface area (Å²) in [6.45, 7) is 2.84. The molecule has 0 radical (unpaired) electrons. The Morgan fingerprint density at radius 2 is 1.02 bits per heavy atom. The van der Waals surface area contributed by atoms with Crippen molar-refractivity contribution in [1.29, 1.82) is 0 Å². The van der Waals surface area contributed by atoms with Crippen LogP contribution in [0.2, 0.25) is 0 Å². The van der Waals surface area contributed by atoms with Crippen LogP contribution in [-0.2, 0) is 20.3 Å². The van der Waals surface area contributed by atoms with Gasteiger partial charge in [-0.05, 0) is 157 Å². The summed E-state index contributed by atoms with van der Waals surface area (Å²) in [7, 11) is 0. The summed E-state index contributed by atoms with van der Waals surface area (Å²) >= 11 is 0. The maximum atomic E-state index is 6.44. The van der Waals surface area contributed by atoms with E-state index in [0.717, 1.165) is 60.2 Å². The summed E-state index contributed by atoms with van der Waals surface area (Å²) < 4.78 is 23.8. The third-order valence-electron chi connectivity index (χ3n) is 12.9. The topological polar surface area (TPSA) is 43.5 Å². The minimum atomic E-state index is 0.233. The van der Waals surface area contributed by atoms with E-state index in [1.807, 2.05) is 0 Å². The average Bonchev–Trinajstić information content (AvgIpc) is 3.84. The van der Waals surface area contributed by atoms with Gasteiger partial charge < -0.3 is 18.9 Å². The lowest BCUT2D eigenvalue weighted by molar-refractivity contribution is -0.00787. The van der Waals surface area contributed by atoms with Crippen molar-refractivity contribution in [2.24, 2.45) is 35.5 Å². The van der Waals surface area contributed by atoms with Crippen LogP contribution in [0.3, 0.4) is 0 Å². The molecule has 8 aliphatic carbocycles. The summed E-state index contributed by atoms with van der Waals surface area (Å²) in [5, 5.41) is 2.83. The molecule has 2 saturated heterocycles. The van der Waals surface area contributed by atoms with E-state index in [2.05, 4.69) is 24.3 Å². The second kappa shape index (κ2) is 8.40. The van der Waals surface area contributed by atoms with Gasteiger partial charge in [-0.25, -0.2) is 0 Å². The normalized spacial score (nSPS) is 45.3. The Morgan fingerprint density at radius 1 is 0.575 bits per heavy atom. The van der Waals surface area contributed by atoms with Crippen LogP contribution >= 0.6 is 0 Å². The van der Waals surface area contributed by atoms with Gasteiger partial charge in [0.05, 0.1) is 13.2 Å². The van der Waals surface area contributed by atoms with Crippen molar-refractivity contribution in [3.05, 3.63) is 35.4 Å². The van der Waals surface area contributed by atoms with Gasteiger partial charge in [0.25, 0.3) is 0 Å². The lowest BCUT2D eigenvalue weighted by atomic mass is 9.46. The average molecular weight is 541 g/mol. The van der Waals surface area contributed by atoms with E-state index in [1.165, 1.54) is 87.8 Å². The molecular weight excluding hydrogens is 496 g/mol. The Balaban J connectivity index is 1.14. The van der Waals surface area contributed by atoms with E-state index in [9.17, 15) is 0 Å². The first-order valence-corrected chi connectivity index (χ1v) is 16.7. The predicted molar refractivity (Wildman–Crippen MR) is 154 cm³/mol. The van der Waals surface area contributed by atoms with Crippen molar-refractivity contribution in [1.82, 2.24) is 0 Å². The van der Waals surface area contributed by atoms with E-state index in [4.69, 9.17) is 18.9 Å². The third kappa shape index (κ3) is 3.84. The molecular formula is C36H44O4. The molecule has 2 atom stereocenters. The smallest absolute Gasteiger partial charge is 0.161 e. The minimum Gasteiger partial charge on any atom is -0.487 e. The second-order valence-corrected chi connectivity index (χ2v) is 16.0. The van der Waals surface area contributed by atoms with Crippen molar-refractivity contribution >= 4 is 10.8 Å². The molecule has 2 aliphatic heterocycles. The Bertz CT molecular complexity index is 1280. The Morgan fingerprint density at radius 3 is 1.50 bits per heavy atom. The molecule has 10 aliphatic rings. The van der Waals surface area contributed by atoms with E-state index in [-0.39, 0.29) is 12.2 Å². The van der Waals surface area contributed by atoms with Crippen LogP contribution in [0.4, 0.5) is 0 Å². The lowest BCUT2D eigenvalue weighted by Gasteiger charge is -2.58. The molecule has 8 saturated carbocycles.